The van der Waals surface area contributed by atoms with E-state index in [-0.39, 0.29) is 0 Å². The Morgan fingerprint density at radius 3 is 2.94 bits per heavy atom. The lowest BCUT2D eigenvalue weighted by Crippen LogP contribution is -2.14. The molecule has 0 aliphatic rings. The van der Waals surface area contributed by atoms with Gasteiger partial charge in [-0.05, 0) is 26.4 Å². The van der Waals surface area contributed by atoms with Crippen LogP contribution in [0.25, 0.3) is 11.5 Å². The van der Waals surface area contributed by atoms with Crippen molar-refractivity contribution in [1.29, 1.82) is 0 Å². The van der Waals surface area contributed by atoms with Crippen molar-refractivity contribution in [3.63, 3.8) is 0 Å². The van der Waals surface area contributed by atoms with Crippen LogP contribution in [0.3, 0.4) is 0 Å². The van der Waals surface area contributed by atoms with Crippen molar-refractivity contribution in [2.45, 2.75) is 26.7 Å². The summed E-state index contributed by atoms with van der Waals surface area (Å²) in [4.78, 5) is 0. The minimum absolute atomic E-state index is 0.474. The maximum atomic E-state index is 5.54. The van der Waals surface area contributed by atoms with Crippen LogP contribution in [-0.4, -0.2) is 28.4 Å². The van der Waals surface area contributed by atoms with Crippen molar-refractivity contribution in [2.75, 3.05) is 13.1 Å². The highest BCUT2D eigenvalue weighted by molar-refractivity contribution is 5.52. The average Bonchev–Trinajstić information content (AvgIpc) is 2.93. The zero-order valence-corrected chi connectivity index (χ0v) is 10.1. The molecule has 0 aromatic carbocycles. The molecule has 0 radical (unpaired) electrons. The maximum Gasteiger partial charge on any atom is 0.252 e. The molecule has 2 heterocycles. The Bertz CT molecular complexity index is 463. The molecule has 92 valence electrons. The van der Waals surface area contributed by atoms with Crippen molar-refractivity contribution in [3.05, 3.63) is 17.8 Å². The topological polar surface area (TPSA) is 77.0 Å². The van der Waals surface area contributed by atoms with Gasteiger partial charge in [0.05, 0.1) is 6.20 Å². The molecule has 2 rings (SSSR count). The number of aryl methyl sites for hydroxylation is 2. The molecule has 0 aliphatic heterocycles. The standard InChI is InChI=1S/C11H16N4O2/c1-3-12-6-4-5-10-14-15-11(16-10)9-7-13-17-8(9)2/h7,12H,3-6H2,1-2H3. The van der Waals surface area contributed by atoms with E-state index in [4.69, 9.17) is 8.94 Å². The summed E-state index contributed by atoms with van der Waals surface area (Å²) in [6.07, 6.45) is 3.35. The molecule has 0 fully saturated rings. The van der Waals surface area contributed by atoms with E-state index in [2.05, 4.69) is 27.6 Å². The lowest BCUT2D eigenvalue weighted by atomic mass is 10.3. The number of nitrogens with zero attached hydrogens (tertiary/aromatic N) is 3. The molecular formula is C11H16N4O2. The Hall–Kier alpha value is -1.69. The van der Waals surface area contributed by atoms with E-state index in [1.54, 1.807) is 6.20 Å². The van der Waals surface area contributed by atoms with Crippen LogP contribution < -0.4 is 5.32 Å². The fraction of sp³-hybridized carbons (Fsp3) is 0.545. The van der Waals surface area contributed by atoms with Crippen LogP contribution in [0, 0.1) is 6.92 Å². The van der Waals surface area contributed by atoms with Gasteiger partial charge in [-0.2, -0.15) is 0 Å². The Morgan fingerprint density at radius 2 is 2.24 bits per heavy atom. The first kappa shape index (κ1) is 11.8. The largest absolute Gasteiger partial charge is 0.421 e. The van der Waals surface area contributed by atoms with Crippen LogP contribution in [0.4, 0.5) is 0 Å². The number of rotatable bonds is 6. The van der Waals surface area contributed by atoms with Gasteiger partial charge in [0.2, 0.25) is 5.89 Å². The second kappa shape index (κ2) is 5.58. The normalized spacial score (nSPS) is 10.9. The number of aromatic nitrogens is 3. The molecule has 0 bridgehead atoms. The summed E-state index contributed by atoms with van der Waals surface area (Å²) in [6, 6.07) is 0. The van der Waals surface area contributed by atoms with Crippen LogP contribution in [-0.2, 0) is 6.42 Å². The summed E-state index contributed by atoms with van der Waals surface area (Å²) in [5.41, 5.74) is 0.760. The van der Waals surface area contributed by atoms with E-state index in [0.717, 1.165) is 31.5 Å². The third kappa shape index (κ3) is 2.91. The number of nitrogens with one attached hydrogen (secondary N) is 1. The van der Waals surface area contributed by atoms with Crippen molar-refractivity contribution in [3.8, 4) is 11.5 Å². The minimum atomic E-state index is 0.474. The van der Waals surface area contributed by atoms with E-state index < -0.39 is 0 Å². The van der Waals surface area contributed by atoms with Gasteiger partial charge in [-0.3, -0.25) is 0 Å². The monoisotopic (exact) mass is 236 g/mol. The highest BCUT2D eigenvalue weighted by atomic mass is 16.5. The van der Waals surface area contributed by atoms with Crippen LogP contribution in [0.5, 0.6) is 0 Å². The summed E-state index contributed by atoms with van der Waals surface area (Å²) in [7, 11) is 0. The van der Waals surface area contributed by atoms with Crippen molar-refractivity contribution in [1.82, 2.24) is 20.7 Å². The average molecular weight is 236 g/mol. The van der Waals surface area contributed by atoms with Crippen molar-refractivity contribution in [2.24, 2.45) is 0 Å². The quantitative estimate of drug-likeness (QED) is 0.767. The van der Waals surface area contributed by atoms with Gasteiger partial charge in [0.25, 0.3) is 5.89 Å². The molecule has 6 heteroatoms. The van der Waals surface area contributed by atoms with Crippen LogP contribution in [0.1, 0.15) is 25.0 Å². The highest BCUT2D eigenvalue weighted by Gasteiger charge is 2.13. The molecule has 0 spiro atoms. The van der Waals surface area contributed by atoms with Crippen molar-refractivity contribution >= 4 is 0 Å². The predicted molar refractivity (Wildman–Crippen MR) is 61.4 cm³/mol. The SMILES string of the molecule is CCNCCCc1nnc(-c2cnoc2C)o1. The summed E-state index contributed by atoms with van der Waals surface area (Å²) in [6.45, 7) is 5.84. The smallest absolute Gasteiger partial charge is 0.252 e. The lowest BCUT2D eigenvalue weighted by molar-refractivity contribution is 0.397. The Morgan fingerprint density at radius 1 is 1.35 bits per heavy atom. The molecular weight excluding hydrogens is 220 g/mol. The number of hydrogen-bond acceptors (Lipinski definition) is 6. The van der Waals surface area contributed by atoms with Crippen LogP contribution >= 0.6 is 0 Å². The fourth-order valence-corrected chi connectivity index (χ4v) is 1.51. The zero-order chi connectivity index (χ0) is 12.1. The van der Waals surface area contributed by atoms with Gasteiger partial charge >= 0.3 is 0 Å². The van der Waals surface area contributed by atoms with E-state index >= 15 is 0 Å². The Labute approximate surface area is 99.4 Å². The van der Waals surface area contributed by atoms with Crippen LogP contribution in [0.15, 0.2) is 15.1 Å². The molecule has 6 nitrogen and oxygen atoms in total. The number of hydrogen-bond donors (Lipinski definition) is 1. The third-order valence-electron chi connectivity index (χ3n) is 2.44. The van der Waals surface area contributed by atoms with E-state index in [1.165, 1.54) is 0 Å². The van der Waals surface area contributed by atoms with E-state index in [9.17, 15) is 0 Å². The van der Waals surface area contributed by atoms with Gasteiger partial charge < -0.3 is 14.3 Å². The first-order chi connectivity index (χ1) is 8.31. The second-order valence-electron chi connectivity index (χ2n) is 3.75. The lowest BCUT2D eigenvalue weighted by Gasteiger charge is -1.97. The molecule has 1 N–H and O–H groups in total. The molecule has 2 aromatic heterocycles. The highest BCUT2D eigenvalue weighted by Crippen LogP contribution is 2.21. The Balaban J connectivity index is 1.95. The van der Waals surface area contributed by atoms with Gasteiger partial charge in [0.1, 0.15) is 11.3 Å². The van der Waals surface area contributed by atoms with Gasteiger partial charge in [-0.15, -0.1) is 10.2 Å². The molecule has 17 heavy (non-hydrogen) atoms. The van der Waals surface area contributed by atoms with Crippen molar-refractivity contribution < 1.29 is 8.94 Å². The molecule has 0 unspecified atom stereocenters. The predicted octanol–water partition coefficient (Wildman–Crippen LogP) is 1.58. The van der Waals surface area contributed by atoms with Gasteiger partial charge in [0.15, 0.2) is 0 Å². The molecule has 2 aromatic rings. The third-order valence-corrected chi connectivity index (χ3v) is 2.44. The second-order valence-corrected chi connectivity index (χ2v) is 3.75. The summed E-state index contributed by atoms with van der Waals surface area (Å²) >= 11 is 0. The summed E-state index contributed by atoms with van der Waals surface area (Å²) < 4.78 is 10.5. The van der Waals surface area contributed by atoms with Gasteiger partial charge in [-0.1, -0.05) is 12.1 Å². The minimum Gasteiger partial charge on any atom is -0.421 e. The van der Waals surface area contributed by atoms with E-state index in [0.29, 0.717) is 17.5 Å². The van der Waals surface area contributed by atoms with Gasteiger partial charge in [0, 0.05) is 6.42 Å². The Kier molecular flexibility index (Phi) is 3.87. The molecule has 0 saturated heterocycles. The first-order valence-electron chi connectivity index (χ1n) is 5.76. The molecule has 0 aliphatic carbocycles. The maximum absolute atomic E-state index is 5.54. The molecule has 0 amide bonds. The van der Waals surface area contributed by atoms with Gasteiger partial charge in [-0.25, -0.2) is 0 Å². The zero-order valence-electron chi connectivity index (χ0n) is 10.1. The molecule has 0 saturated carbocycles. The van der Waals surface area contributed by atoms with Crippen LogP contribution in [0.2, 0.25) is 0 Å². The summed E-state index contributed by atoms with van der Waals surface area (Å²) in [5, 5.41) is 14.9. The molecule has 0 atom stereocenters. The first-order valence-corrected chi connectivity index (χ1v) is 5.76. The van der Waals surface area contributed by atoms with E-state index in [1.807, 2.05) is 6.92 Å². The summed E-state index contributed by atoms with van der Waals surface area (Å²) in [5.74, 6) is 1.81. The fourth-order valence-electron chi connectivity index (χ4n) is 1.51.